The van der Waals surface area contributed by atoms with E-state index in [4.69, 9.17) is 5.11 Å². The fourth-order valence-corrected chi connectivity index (χ4v) is 2.35. The molecule has 1 aromatic heterocycles. The van der Waals surface area contributed by atoms with Gasteiger partial charge in [-0.15, -0.1) is 11.3 Å². The van der Waals surface area contributed by atoms with Crippen LogP contribution < -0.4 is 10.6 Å². The highest BCUT2D eigenvalue weighted by atomic mass is 32.1. The third-order valence-electron chi connectivity index (χ3n) is 2.28. The van der Waals surface area contributed by atoms with Crippen LogP contribution in [0.5, 0.6) is 0 Å². The lowest BCUT2D eigenvalue weighted by molar-refractivity contribution is -0.122. The van der Waals surface area contributed by atoms with E-state index < -0.39 is 24.7 Å². The molecule has 0 unspecified atom stereocenters. The van der Waals surface area contributed by atoms with E-state index in [1.165, 1.54) is 0 Å². The molecule has 106 valence electrons. The molecule has 1 rings (SSSR count). The predicted molar refractivity (Wildman–Crippen MR) is 63.8 cm³/mol. The number of carboxylic acid groups (broad SMARTS) is 1. The summed E-state index contributed by atoms with van der Waals surface area (Å²) < 4.78 is 35.7. The number of anilines is 1. The minimum Gasteiger partial charge on any atom is -0.478 e. The zero-order valence-corrected chi connectivity index (χ0v) is 10.8. The molecule has 0 fully saturated rings. The standard InChI is InChI=1S/C10H11F3N2O3S/c1-4-5(2)19-7(6(4)8(16)17)15-9(18)14-3-10(11,12)13/h3H2,1-2H3,(H,16,17)(H2,14,15,18). The summed E-state index contributed by atoms with van der Waals surface area (Å²) >= 11 is 0.997. The summed E-state index contributed by atoms with van der Waals surface area (Å²) in [4.78, 5) is 22.9. The fraction of sp³-hybridized carbons (Fsp3) is 0.400. The van der Waals surface area contributed by atoms with E-state index in [1.54, 1.807) is 19.2 Å². The number of aromatic carboxylic acids is 1. The van der Waals surface area contributed by atoms with Crippen LogP contribution in [0.3, 0.4) is 0 Å². The van der Waals surface area contributed by atoms with E-state index in [-0.39, 0.29) is 10.6 Å². The molecule has 0 aliphatic carbocycles. The van der Waals surface area contributed by atoms with E-state index in [0.717, 1.165) is 11.3 Å². The SMILES string of the molecule is Cc1sc(NC(=O)NCC(F)(F)F)c(C(=O)O)c1C. The number of nitrogens with one attached hydrogen (secondary N) is 2. The largest absolute Gasteiger partial charge is 0.478 e. The second kappa shape index (κ2) is 5.47. The van der Waals surface area contributed by atoms with Crippen molar-refractivity contribution in [1.82, 2.24) is 5.32 Å². The van der Waals surface area contributed by atoms with Crippen molar-refractivity contribution >= 4 is 28.3 Å². The molecule has 0 saturated carbocycles. The molecule has 5 nitrogen and oxygen atoms in total. The van der Waals surface area contributed by atoms with Gasteiger partial charge in [0.25, 0.3) is 0 Å². The quantitative estimate of drug-likeness (QED) is 0.802. The van der Waals surface area contributed by atoms with E-state index in [2.05, 4.69) is 5.32 Å². The normalized spacial score (nSPS) is 11.2. The van der Waals surface area contributed by atoms with Crippen molar-refractivity contribution < 1.29 is 27.9 Å². The van der Waals surface area contributed by atoms with Crippen LogP contribution in [0.2, 0.25) is 0 Å². The van der Waals surface area contributed by atoms with Gasteiger partial charge in [-0.2, -0.15) is 13.2 Å². The third kappa shape index (κ3) is 4.12. The van der Waals surface area contributed by atoms with Crippen molar-refractivity contribution in [3.05, 3.63) is 16.0 Å². The Labute approximate surface area is 110 Å². The van der Waals surface area contributed by atoms with E-state index >= 15 is 0 Å². The van der Waals surface area contributed by atoms with Gasteiger partial charge in [-0.05, 0) is 19.4 Å². The summed E-state index contributed by atoms with van der Waals surface area (Å²) in [5.41, 5.74) is 0.369. The minimum atomic E-state index is -4.52. The predicted octanol–water partition coefficient (Wildman–Crippen LogP) is 2.75. The third-order valence-corrected chi connectivity index (χ3v) is 3.40. The average molecular weight is 296 g/mol. The number of aryl methyl sites for hydroxylation is 1. The maximum Gasteiger partial charge on any atom is 0.405 e. The van der Waals surface area contributed by atoms with Crippen molar-refractivity contribution in [1.29, 1.82) is 0 Å². The Bertz CT molecular complexity index is 511. The second-order valence-electron chi connectivity index (χ2n) is 3.72. The number of amides is 2. The first-order valence-corrected chi connectivity index (χ1v) is 5.88. The Hall–Kier alpha value is -1.77. The molecule has 3 N–H and O–H groups in total. The summed E-state index contributed by atoms with van der Waals surface area (Å²) in [5, 5.41) is 12.7. The van der Waals surface area contributed by atoms with Gasteiger partial charge < -0.3 is 10.4 Å². The molecule has 1 heterocycles. The lowest BCUT2D eigenvalue weighted by Gasteiger charge is -2.09. The number of carbonyl (C=O) groups excluding carboxylic acids is 1. The number of hydrogen-bond acceptors (Lipinski definition) is 3. The Morgan fingerprint density at radius 2 is 1.89 bits per heavy atom. The molecule has 9 heteroatoms. The molecular weight excluding hydrogens is 285 g/mol. The number of rotatable bonds is 3. The topological polar surface area (TPSA) is 78.4 Å². The first-order chi connectivity index (χ1) is 8.61. The number of carbonyl (C=O) groups is 2. The minimum absolute atomic E-state index is 0.0159. The molecule has 0 aromatic carbocycles. The van der Waals surface area contributed by atoms with Gasteiger partial charge in [0, 0.05) is 4.88 Å². The zero-order valence-electron chi connectivity index (χ0n) is 10.0. The van der Waals surface area contributed by atoms with Crippen LogP contribution in [0, 0.1) is 13.8 Å². The molecule has 1 aromatic rings. The van der Waals surface area contributed by atoms with Gasteiger partial charge in [-0.25, -0.2) is 9.59 Å². The number of carboxylic acids is 1. The number of halogens is 3. The maximum absolute atomic E-state index is 11.9. The van der Waals surface area contributed by atoms with Crippen LogP contribution in [0.25, 0.3) is 0 Å². The van der Waals surface area contributed by atoms with Gasteiger partial charge in [-0.1, -0.05) is 0 Å². The summed E-state index contributed by atoms with van der Waals surface area (Å²) in [6.45, 7) is 1.74. The van der Waals surface area contributed by atoms with Crippen molar-refractivity contribution in [2.75, 3.05) is 11.9 Å². The monoisotopic (exact) mass is 296 g/mol. The van der Waals surface area contributed by atoms with Crippen molar-refractivity contribution in [3.63, 3.8) is 0 Å². The first kappa shape index (κ1) is 15.3. The highest BCUT2D eigenvalue weighted by Crippen LogP contribution is 2.32. The van der Waals surface area contributed by atoms with Crippen LogP contribution in [0.4, 0.5) is 23.0 Å². The van der Waals surface area contributed by atoms with Crippen LogP contribution in [0.1, 0.15) is 20.8 Å². The van der Waals surface area contributed by atoms with E-state index in [0.29, 0.717) is 10.4 Å². The van der Waals surface area contributed by atoms with Crippen LogP contribution >= 0.6 is 11.3 Å². The Balaban J connectivity index is 2.80. The first-order valence-electron chi connectivity index (χ1n) is 5.06. The smallest absolute Gasteiger partial charge is 0.405 e. The lowest BCUT2D eigenvalue weighted by atomic mass is 10.1. The van der Waals surface area contributed by atoms with E-state index in [9.17, 15) is 22.8 Å². The number of hydrogen-bond donors (Lipinski definition) is 3. The summed E-state index contributed by atoms with van der Waals surface area (Å²) in [6, 6.07) is -1.10. The maximum atomic E-state index is 11.9. The van der Waals surface area contributed by atoms with E-state index in [1.807, 2.05) is 0 Å². The molecule has 0 saturated heterocycles. The fourth-order valence-electron chi connectivity index (χ4n) is 1.30. The van der Waals surface area contributed by atoms with Gasteiger partial charge >= 0.3 is 18.2 Å². The molecule has 0 aliphatic heterocycles. The summed E-state index contributed by atoms with van der Waals surface area (Å²) in [5.74, 6) is -1.24. The zero-order chi connectivity index (χ0) is 14.8. The molecule has 0 atom stereocenters. The van der Waals surface area contributed by atoms with Crippen molar-refractivity contribution in [2.45, 2.75) is 20.0 Å². The van der Waals surface area contributed by atoms with Crippen LogP contribution in [-0.2, 0) is 0 Å². The van der Waals surface area contributed by atoms with Gasteiger partial charge in [-0.3, -0.25) is 5.32 Å². The van der Waals surface area contributed by atoms with Crippen LogP contribution in [0.15, 0.2) is 0 Å². The highest BCUT2D eigenvalue weighted by Gasteiger charge is 2.28. The summed E-state index contributed by atoms with van der Waals surface area (Å²) in [6.07, 6.45) is -4.52. The highest BCUT2D eigenvalue weighted by molar-refractivity contribution is 7.16. The summed E-state index contributed by atoms with van der Waals surface area (Å²) in [7, 11) is 0. The average Bonchev–Trinajstić information content (AvgIpc) is 2.50. The molecule has 2 amide bonds. The van der Waals surface area contributed by atoms with Crippen molar-refractivity contribution in [3.8, 4) is 0 Å². The van der Waals surface area contributed by atoms with Gasteiger partial charge in [0.2, 0.25) is 0 Å². The Kier molecular flexibility index (Phi) is 4.40. The number of thiophene rings is 1. The molecule has 19 heavy (non-hydrogen) atoms. The lowest BCUT2D eigenvalue weighted by Crippen LogP contribution is -2.36. The van der Waals surface area contributed by atoms with Gasteiger partial charge in [0.15, 0.2) is 0 Å². The van der Waals surface area contributed by atoms with Gasteiger partial charge in [0.05, 0.1) is 5.56 Å². The number of urea groups is 1. The Morgan fingerprint density at radius 1 is 1.32 bits per heavy atom. The Morgan fingerprint density at radius 3 is 2.37 bits per heavy atom. The van der Waals surface area contributed by atoms with Gasteiger partial charge in [0.1, 0.15) is 11.5 Å². The molecule has 0 bridgehead atoms. The van der Waals surface area contributed by atoms with Crippen molar-refractivity contribution in [2.24, 2.45) is 0 Å². The molecule has 0 spiro atoms. The molecular formula is C10H11F3N2O3S. The molecule has 0 radical (unpaired) electrons. The van der Waals surface area contributed by atoms with Crippen LogP contribution in [-0.4, -0.2) is 29.8 Å². The second-order valence-corrected chi connectivity index (χ2v) is 4.94. The molecule has 0 aliphatic rings. The number of alkyl halides is 3.